The average molecular weight is 420 g/mol. The lowest BCUT2D eigenvalue weighted by molar-refractivity contribution is -0.116. The van der Waals surface area contributed by atoms with Gasteiger partial charge in [0, 0.05) is 26.3 Å². The molecule has 7 nitrogen and oxygen atoms in total. The van der Waals surface area contributed by atoms with Crippen LogP contribution < -0.4 is 16.0 Å². The van der Waals surface area contributed by atoms with Gasteiger partial charge in [0.25, 0.3) is 0 Å². The van der Waals surface area contributed by atoms with Crippen molar-refractivity contribution in [2.75, 3.05) is 50.2 Å². The lowest BCUT2D eigenvalue weighted by Gasteiger charge is -2.22. The van der Waals surface area contributed by atoms with E-state index in [1.165, 1.54) is 12.1 Å². The van der Waals surface area contributed by atoms with E-state index >= 15 is 0 Å². The lowest BCUT2D eigenvalue weighted by Crippen LogP contribution is -2.28. The molecule has 0 saturated carbocycles. The number of ether oxygens (including phenoxy) is 1. The van der Waals surface area contributed by atoms with E-state index in [1.807, 2.05) is 0 Å². The molecule has 1 amide bonds. The number of amides is 1. The van der Waals surface area contributed by atoms with Crippen LogP contribution in [0.4, 0.5) is 11.4 Å². The minimum absolute atomic E-state index is 0. The highest BCUT2D eigenvalue weighted by atomic mass is 35.5. The molecule has 0 radical (unpaired) electrons. The number of halogens is 1. The van der Waals surface area contributed by atoms with Crippen molar-refractivity contribution in [2.45, 2.75) is 30.6 Å². The zero-order valence-electron chi connectivity index (χ0n) is 15.9. The highest BCUT2D eigenvalue weighted by Crippen LogP contribution is 2.26. The van der Waals surface area contributed by atoms with Gasteiger partial charge in [0.15, 0.2) is 9.84 Å². The number of methoxy groups -OCH3 is 1. The molecule has 1 saturated heterocycles. The lowest BCUT2D eigenvalue weighted by atomic mass is 9.93. The normalized spacial score (nSPS) is 15.0. The van der Waals surface area contributed by atoms with E-state index in [9.17, 15) is 13.2 Å². The molecule has 0 aliphatic carbocycles. The van der Waals surface area contributed by atoms with Crippen LogP contribution in [0.2, 0.25) is 0 Å². The summed E-state index contributed by atoms with van der Waals surface area (Å²) < 4.78 is 28.6. The Morgan fingerprint density at radius 1 is 1.26 bits per heavy atom. The second-order valence-electron chi connectivity index (χ2n) is 6.68. The predicted octanol–water partition coefficient (Wildman–Crippen LogP) is 2.29. The van der Waals surface area contributed by atoms with Gasteiger partial charge in [-0.15, -0.1) is 12.4 Å². The van der Waals surface area contributed by atoms with Gasteiger partial charge in [-0.05, 0) is 56.5 Å². The van der Waals surface area contributed by atoms with Crippen molar-refractivity contribution in [3.8, 4) is 0 Å². The van der Waals surface area contributed by atoms with Crippen LogP contribution >= 0.6 is 12.4 Å². The van der Waals surface area contributed by atoms with Gasteiger partial charge in [-0.1, -0.05) is 0 Å². The average Bonchev–Trinajstić information content (AvgIpc) is 2.61. The van der Waals surface area contributed by atoms with Crippen molar-refractivity contribution in [3.63, 3.8) is 0 Å². The van der Waals surface area contributed by atoms with Crippen LogP contribution in [0.3, 0.4) is 0 Å². The molecule has 9 heteroatoms. The third kappa shape index (κ3) is 8.04. The van der Waals surface area contributed by atoms with E-state index in [4.69, 9.17) is 4.74 Å². The maximum Gasteiger partial charge on any atom is 0.224 e. The monoisotopic (exact) mass is 419 g/mol. The molecule has 1 aromatic rings. The van der Waals surface area contributed by atoms with Gasteiger partial charge in [0.2, 0.25) is 5.91 Å². The second kappa shape index (κ2) is 11.5. The van der Waals surface area contributed by atoms with E-state index < -0.39 is 9.84 Å². The molecule has 1 fully saturated rings. The maximum absolute atomic E-state index is 12.4. The van der Waals surface area contributed by atoms with Crippen LogP contribution in [0.15, 0.2) is 23.1 Å². The Morgan fingerprint density at radius 2 is 1.96 bits per heavy atom. The smallest absolute Gasteiger partial charge is 0.224 e. The van der Waals surface area contributed by atoms with E-state index in [0.717, 1.165) is 38.6 Å². The van der Waals surface area contributed by atoms with Crippen LogP contribution in [0.5, 0.6) is 0 Å². The Bertz CT molecular complexity index is 707. The van der Waals surface area contributed by atoms with Crippen LogP contribution in [0.25, 0.3) is 0 Å². The van der Waals surface area contributed by atoms with Crippen molar-refractivity contribution < 1.29 is 17.9 Å². The number of hydrogen-bond donors (Lipinski definition) is 3. The standard InChI is InChI=1S/C18H29N3O4S.ClH/c1-25-12-11-20-16-5-4-15(26(2,23)24)13-17(16)21-18(22)6-3-14-7-9-19-10-8-14;/h4-5,13-14,19-20H,3,6-12H2,1-2H3,(H,21,22);1H. The van der Waals surface area contributed by atoms with Gasteiger partial charge in [-0.3, -0.25) is 4.79 Å². The highest BCUT2D eigenvalue weighted by Gasteiger charge is 2.16. The second-order valence-corrected chi connectivity index (χ2v) is 8.70. The zero-order chi connectivity index (χ0) is 19.0. The Hall–Kier alpha value is -1.35. The topological polar surface area (TPSA) is 96.5 Å². The molecule has 0 unspecified atom stereocenters. The first-order chi connectivity index (χ1) is 12.4. The van der Waals surface area contributed by atoms with Crippen molar-refractivity contribution in [1.29, 1.82) is 0 Å². The first kappa shape index (κ1) is 23.7. The number of rotatable bonds is 9. The van der Waals surface area contributed by atoms with E-state index in [0.29, 0.717) is 36.9 Å². The first-order valence-corrected chi connectivity index (χ1v) is 10.9. The van der Waals surface area contributed by atoms with E-state index in [2.05, 4.69) is 16.0 Å². The molecule has 3 N–H and O–H groups in total. The number of sulfone groups is 1. The Balaban J connectivity index is 0.00000364. The van der Waals surface area contributed by atoms with Crippen molar-refractivity contribution in [3.05, 3.63) is 18.2 Å². The molecule has 0 atom stereocenters. The van der Waals surface area contributed by atoms with Gasteiger partial charge < -0.3 is 20.7 Å². The predicted molar refractivity (Wildman–Crippen MR) is 111 cm³/mol. The number of carbonyl (C=O) groups is 1. The molecule has 1 aliphatic rings. The molecule has 0 spiro atoms. The fourth-order valence-electron chi connectivity index (χ4n) is 3.02. The summed E-state index contributed by atoms with van der Waals surface area (Å²) in [6.45, 7) is 3.09. The van der Waals surface area contributed by atoms with Crippen LogP contribution in [-0.2, 0) is 19.4 Å². The molecule has 27 heavy (non-hydrogen) atoms. The van der Waals surface area contributed by atoms with Gasteiger partial charge in [-0.25, -0.2) is 8.42 Å². The molecule has 2 rings (SSSR count). The number of anilines is 2. The Labute approximate surface area is 168 Å². The molecule has 0 bridgehead atoms. The van der Waals surface area contributed by atoms with Crippen molar-refractivity contribution >= 4 is 39.5 Å². The maximum atomic E-state index is 12.4. The van der Waals surface area contributed by atoms with Crippen molar-refractivity contribution in [1.82, 2.24) is 5.32 Å². The quantitative estimate of drug-likeness (QED) is 0.531. The molecule has 1 heterocycles. The number of carbonyl (C=O) groups excluding carboxylic acids is 1. The molecule has 1 aliphatic heterocycles. The third-order valence-electron chi connectivity index (χ3n) is 4.55. The fourth-order valence-corrected chi connectivity index (χ4v) is 3.66. The molecule has 0 aromatic heterocycles. The molecular weight excluding hydrogens is 390 g/mol. The summed E-state index contributed by atoms with van der Waals surface area (Å²) >= 11 is 0. The minimum atomic E-state index is -3.34. The van der Waals surface area contributed by atoms with Crippen LogP contribution in [0.1, 0.15) is 25.7 Å². The fraction of sp³-hybridized carbons (Fsp3) is 0.611. The number of piperidine rings is 1. The third-order valence-corrected chi connectivity index (χ3v) is 5.66. The first-order valence-electron chi connectivity index (χ1n) is 8.97. The molecular formula is C18H30ClN3O4S. The number of nitrogens with one attached hydrogen (secondary N) is 3. The summed E-state index contributed by atoms with van der Waals surface area (Å²) in [4.78, 5) is 12.6. The summed E-state index contributed by atoms with van der Waals surface area (Å²) in [5, 5.41) is 9.35. The van der Waals surface area contributed by atoms with Crippen LogP contribution in [0, 0.1) is 5.92 Å². The van der Waals surface area contributed by atoms with Crippen molar-refractivity contribution in [2.24, 2.45) is 5.92 Å². The summed E-state index contributed by atoms with van der Waals surface area (Å²) in [6, 6.07) is 4.72. The highest BCUT2D eigenvalue weighted by molar-refractivity contribution is 7.90. The Morgan fingerprint density at radius 3 is 2.59 bits per heavy atom. The van der Waals surface area contributed by atoms with E-state index in [1.54, 1.807) is 13.2 Å². The van der Waals surface area contributed by atoms with Gasteiger partial charge in [0.05, 0.1) is 22.9 Å². The SMILES string of the molecule is COCCNc1ccc(S(C)(=O)=O)cc1NC(=O)CCC1CCNCC1.Cl. The van der Waals surface area contributed by atoms with Crippen LogP contribution in [-0.4, -0.2) is 53.9 Å². The van der Waals surface area contributed by atoms with E-state index in [-0.39, 0.29) is 23.2 Å². The Kier molecular flexibility index (Phi) is 10.1. The molecule has 1 aromatic carbocycles. The van der Waals surface area contributed by atoms with Gasteiger partial charge in [-0.2, -0.15) is 0 Å². The summed E-state index contributed by atoms with van der Waals surface area (Å²) in [5.41, 5.74) is 1.17. The van der Waals surface area contributed by atoms with Gasteiger partial charge in [0.1, 0.15) is 0 Å². The summed E-state index contributed by atoms with van der Waals surface area (Å²) in [5.74, 6) is 0.479. The summed E-state index contributed by atoms with van der Waals surface area (Å²) in [6.07, 6.45) is 4.64. The van der Waals surface area contributed by atoms with Gasteiger partial charge >= 0.3 is 0 Å². The minimum Gasteiger partial charge on any atom is -0.383 e. The zero-order valence-corrected chi connectivity index (χ0v) is 17.5. The summed E-state index contributed by atoms with van der Waals surface area (Å²) in [7, 11) is -1.73. The number of benzene rings is 1. The number of hydrogen-bond acceptors (Lipinski definition) is 6. The molecule has 154 valence electrons. The largest absolute Gasteiger partial charge is 0.383 e.